The molecule has 0 aliphatic carbocycles. The number of carbonyl (C=O) groups is 1. The zero-order valence-electron chi connectivity index (χ0n) is 14.0. The molecule has 0 spiro atoms. The predicted octanol–water partition coefficient (Wildman–Crippen LogP) is 3.06. The van der Waals surface area contributed by atoms with E-state index < -0.39 is 0 Å². The second-order valence-electron chi connectivity index (χ2n) is 6.06. The Balaban J connectivity index is 1.41. The highest BCUT2D eigenvalue weighted by molar-refractivity contribution is 5.76. The van der Waals surface area contributed by atoms with Gasteiger partial charge in [0.05, 0.1) is 0 Å². The van der Waals surface area contributed by atoms with E-state index in [2.05, 4.69) is 36.5 Å². The molecule has 0 aromatic heterocycles. The van der Waals surface area contributed by atoms with Crippen LogP contribution in [0.25, 0.3) is 0 Å². The number of nitrogens with one attached hydrogen (secondary N) is 1. The third-order valence-electron chi connectivity index (χ3n) is 4.10. The van der Waals surface area contributed by atoms with Gasteiger partial charge in [-0.25, -0.2) is 0 Å². The van der Waals surface area contributed by atoms with Gasteiger partial charge in [-0.1, -0.05) is 35.9 Å². The largest absolute Gasteiger partial charge is 0.486 e. The summed E-state index contributed by atoms with van der Waals surface area (Å²) in [7, 11) is 0. The third-order valence-corrected chi connectivity index (χ3v) is 4.10. The second kappa shape index (κ2) is 7.86. The lowest BCUT2D eigenvalue weighted by molar-refractivity contribution is -0.121. The summed E-state index contributed by atoms with van der Waals surface area (Å²) in [6, 6.07) is 14.3. The molecule has 1 N–H and O–H groups in total. The van der Waals surface area contributed by atoms with Crippen molar-refractivity contribution in [1.82, 2.24) is 5.32 Å². The van der Waals surface area contributed by atoms with Gasteiger partial charge < -0.3 is 14.8 Å². The molecule has 0 bridgehead atoms. The van der Waals surface area contributed by atoms with E-state index in [1.165, 1.54) is 11.1 Å². The Morgan fingerprint density at radius 3 is 2.46 bits per heavy atom. The first-order valence-corrected chi connectivity index (χ1v) is 8.41. The van der Waals surface area contributed by atoms with Crippen molar-refractivity contribution in [2.45, 2.75) is 26.2 Å². The Kier molecular flexibility index (Phi) is 5.36. The van der Waals surface area contributed by atoms with Crippen LogP contribution in [-0.2, 0) is 17.6 Å². The fraction of sp³-hybridized carbons (Fsp3) is 0.350. The van der Waals surface area contributed by atoms with Gasteiger partial charge >= 0.3 is 0 Å². The smallest absolute Gasteiger partial charge is 0.220 e. The number of rotatable bonds is 6. The van der Waals surface area contributed by atoms with E-state index in [9.17, 15) is 4.79 Å². The molecule has 0 fully saturated rings. The van der Waals surface area contributed by atoms with Crippen LogP contribution in [0.15, 0.2) is 42.5 Å². The minimum Gasteiger partial charge on any atom is -0.486 e. The van der Waals surface area contributed by atoms with E-state index in [0.717, 1.165) is 29.9 Å². The Morgan fingerprint density at radius 1 is 0.958 bits per heavy atom. The lowest BCUT2D eigenvalue weighted by Crippen LogP contribution is -2.26. The summed E-state index contributed by atoms with van der Waals surface area (Å²) in [6.45, 7) is 3.89. The molecule has 4 heteroatoms. The molecule has 24 heavy (non-hydrogen) atoms. The number of benzene rings is 2. The van der Waals surface area contributed by atoms with E-state index in [0.29, 0.717) is 26.2 Å². The van der Waals surface area contributed by atoms with Gasteiger partial charge in [-0.3, -0.25) is 4.79 Å². The lowest BCUT2D eigenvalue weighted by Gasteiger charge is -2.18. The van der Waals surface area contributed by atoms with Crippen LogP contribution in [0.1, 0.15) is 23.1 Å². The highest BCUT2D eigenvalue weighted by atomic mass is 16.6. The average molecular weight is 325 g/mol. The molecular weight excluding hydrogens is 302 g/mol. The maximum atomic E-state index is 12.0. The van der Waals surface area contributed by atoms with Crippen LogP contribution in [0.4, 0.5) is 0 Å². The maximum absolute atomic E-state index is 12.0. The number of fused-ring (bicyclic) bond motifs is 1. The predicted molar refractivity (Wildman–Crippen MR) is 93.6 cm³/mol. The van der Waals surface area contributed by atoms with Crippen molar-refractivity contribution in [2.24, 2.45) is 0 Å². The monoisotopic (exact) mass is 325 g/mol. The van der Waals surface area contributed by atoms with Crippen molar-refractivity contribution in [2.75, 3.05) is 19.8 Å². The fourth-order valence-electron chi connectivity index (χ4n) is 2.69. The van der Waals surface area contributed by atoms with Crippen LogP contribution < -0.4 is 14.8 Å². The summed E-state index contributed by atoms with van der Waals surface area (Å²) in [5.74, 6) is 1.68. The zero-order valence-corrected chi connectivity index (χ0v) is 14.0. The first-order chi connectivity index (χ1) is 11.7. The zero-order chi connectivity index (χ0) is 16.8. The quantitative estimate of drug-likeness (QED) is 0.888. The van der Waals surface area contributed by atoms with Crippen molar-refractivity contribution >= 4 is 5.91 Å². The van der Waals surface area contributed by atoms with Gasteiger partial charge in [0.2, 0.25) is 5.91 Å². The van der Waals surface area contributed by atoms with Crippen molar-refractivity contribution in [3.05, 3.63) is 59.2 Å². The maximum Gasteiger partial charge on any atom is 0.220 e. The summed E-state index contributed by atoms with van der Waals surface area (Å²) >= 11 is 0. The third kappa shape index (κ3) is 4.51. The van der Waals surface area contributed by atoms with E-state index >= 15 is 0 Å². The first-order valence-electron chi connectivity index (χ1n) is 8.41. The van der Waals surface area contributed by atoms with E-state index in [1.807, 2.05) is 18.2 Å². The van der Waals surface area contributed by atoms with Crippen LogP contribution >= 0.6 is 0 Å². The molecule has 0 saturated carbocycles. The summed E-state index contributed by atoms with van der Waals surface area (Å²) in [5.41, 5.74) is 3.57. The van der Waals surface area contributed by atoms with E-state index in [-0.39, 0.29) is 5.91 Å². The van der Waals surface area contributed by atoms with Gasteiger partial charge in [-0.15, -0.1) is 0 Å². The molecule has 0 radical (unpaired) electrons. The van der Waals surface area contributed by atoms with Gasteiger partial charge in [0.25, 0.3) is 0 Å². The van der Waals surface area contributed by atoms with Crippen molar-refractivity contribution in [3.63, 3.8) is 0 Å². The van der Waals surface area contributed by atoms with Gasteiger partial charge in [0, 0.05) is 13.0 Å². The molecule has 0 saturated heterocycles. The highest BCUT2D eigenvalue weighted by Gasteiger charge is 2.11. The number of hydrogen-bond donors (Lipinski definition) is 1. The van der Waals surface area contributed by atoms with Crippen LogP contribution in [0, 0.1) is 6.92 Å². The number of hydrogen-bond acceptors (Lipinski definition) is 3. The number of ether oxygens (including phenoxy) is 2. The van der Waals surface area contributed by atoms with Crippen molar-refractivity contribution < 1.29 is 14.3 Å². The molecule has 2 aromatic rings. The molecule has 4 nitrogen and oxygen atoms in total. The minimum atomic E-state index is 0.0909. The van der Waals surface area contributed by atoms with Crippen molar-refractivity contribution in [1.29, 1.82) is 0 Å². The van der Waals surface area contributed by atoms with Gasteiger partial charge in [-0.05, 0) is 43.0 Å². The average Bonchev–Trinajstić information content (AvgIpc) is 2.61. The van der Waals surface area contributed by atoms with E-state index in [1.54, 1.807) is 0 Å². The highest BCUT2D eigenvalue weighted by Crippen LogP contribution is 2.30. The van der Waals surface area contributed by atoms with E-state index in [4.69, 9.17) is 9.47 Å². The molecule has 1 amide bonds. The Labute approximate surface area is 142 Å². The molecule has 1 aliphatic heterocycles. The van der Waals surface area contributed by atoms with Gasteiger partial charge in [-0.2, -0.15) is 0 Å². The Hall–Kier alpha value is -2.49. The molecule has 0 unspecified atom stereocenters. The summed E-state index contributed by atoms with van der Waals surface area (Å²) in [4.78, 5) is 12.0. The molecule has 2 aromatic carbocycles. The van der Waals surface area contributed by atoms with Gasteiger partial charge in [0.1, 0.15) is 13.2 Å². The molecule has 0 atom stereocenters. The van der Waals surface area contributed by atoms with Crippen LogP contribution in [0.5, 0.6) is 11.5 Å². The number of amides is 1. The topological polar surface area (TPSA) is 47.6 Å². The number of aryl methyl sites for hydroxylation is 2. The molecule has 1 aliphatic rings. The minimum absolute atomic E-state index is 0.0909. The lowest BCUT2D eigenvalue weighted by atomic mass is 10.1. The standard InChI is InChI=1S/C20H23NO3/c1-15-2-4-16(5-3-15)7-9-20(22)21-11-10-17-6-8-18-19(14-17)24-13-12-23-18/h2-6,8,14H,7,9-13H2,1H3,(H,21,22). The molecule has 1 heterocycles. The fourth-order valence-corrected chi connectivity index (χ4v) is 2.69. The summed E-state index contributed by atoms with van der Waals surface area (Å²) in [5, 5.41) is 2.98. The molecule has 3 rings (SSSR count). The first kappa shape index (κ1) is 16.4. The second-order valence-corrected chi connectivity index (χ2v) is 6.06. The summed E-state index contributed by atoms with van der Waals surface area (Å²) in [6.07, 6.45) is 2.08. The summed E-state index contributed by atoms with van der Waals surface area (Å²) < 4.78 is 11.1. The molecule has 126 valence electrons. The number of carbonyl (C=O) groups excluding carboxylic acids is 1. The van der Waals surface area contributed by atoms with Crippen LogP contribution in [0.2, 0.25) is 0 Å². The Bertz CT molecular complexity index is 695. The van der Waals surface area contributed by atoms with Crippen LogP contribution in [0.3, 0.4) is 0 Å². The Morgan fingerprint density at radius 2 is 1.67 bits per heavy atom. The van der Waals surface area contributed by atoms with Crippen LogP contribution in [-0.4, -0.2) is 25.7 Å². The SMILES string of the molecule is Cc1ccc(CCC(=O)NCCc2ccc3c(c2)OCCO3)cc1. The van der Waals surface area contributed by atoms with Gasteiger partial charge in [0.15, 0.2) is 11.5 Å². The van der Waals surface area contributed by atoms with Crippen molar-refractivity contribution in [3.8, 4) is 11.5 Å². The molecular formula is C20H23NO3. The normalized spacial score (nSPS) is 12.7.